The largest absolute Gasteiger partial charge is 0.480 e. The van der Waals surface area contributed by atoms with Crippen molar-refractivity contribution in [2.75, 3.05) is 39.6 Å². The first-order chi connectivity index (χ1) is 7.65. The fraction of sp³-hybridized carbons (Fsp3) is 0.889. The van der Waals surface area contributed by atoms with Crippen LogP contribution in [0.1, 0.15) is 6.92 Å². The van der Waals surface area contributed by atoms with Gasteiger partial charge in [0.15, 0.2) is 0 Å². The Kier molecular flexibility index (Phi) is 5.64. The van der Waals surface area contributed by atoms with Gasteiger partial charge in [0.25, 0.3) is 0 Å². The van der Waals surface area contributed by atoms with Gasteiger partial charge in [-0.15, -0.1) is 0 Å². The number of nitrogens with zero attached hydrogens (tertiary/aromatic N) is 2. The zero-order valence-electron chi connectivity index (χ0n) is 9.33. The van der Waals surface area contributed by atoms with Gasteiger partial charge in [-0.1, -0.05) is 0 Å². The maximum atomic E-state index is 10.6. The Bertz CT molecular complexity index is 226. The van der Waals surface area contributed by atoms with E-state index in [9.17, 15) is 4.79 Å². The highest BCUT2D eigenvalue weighted by Crippen LogP contribution is 2.13. The van der Waals surface area contributed by atoms with Crippen molar-refractivity contribution in [3.63, 3.8) is 0 Å². The summed E-state index contributed by atoms with van der Waals surface area (Å²) in [5.41, 5.74) is 0. The van der Waals surface area contributed by atoms with Crippen LogP contribution in [0.15, 0.2) is 0 Å². The molecule has 1 saturated heterocycles. The summed E-state index contributed by atoms with van der Waals surface area (Å²) >= 11 is 0. The Labute approximate surface area is 94.1 Å². The molecule has 1 aliphatic heterocycles. The molecule has 1 aliphatic rings. The average molecular weight is 234 g/mol. The lowest BCUT2D eigenvalue weighted by molar-refractivity contribution is -0.250. The summed E-state index contributed by atoms with van der Waals surface area (Å²) in [7, 11) is 0. The van der Waals surface area contributed by atoms with Crippen molar-refractivity contribution < 1.29 is 24.8 Å². The van der Waals surface area contributed by atoms with Gasteiger partial charge in [0.1, 0.15) is 13.3 Å². The van der Waals surface area contributed by atoms with Gasteiger partial charge in [0, 0.05) is 13.1 Å². The normalized spacial score (nSPS) is 22.8. The van der Waals surface area contributed by atoms with E-state index in [1.165, 1.54) is 0 Å². The molecule has 0 aromatic carbocycles. The monoisotopic (exact) mass is 234 g/mol. The van der Waals surface area contributed by atoms with E-state index in [1.807, 2.05) is 16.7 Å². The molecule has 0 amide bonds. The maximum Gasteiger partial charge on any atom is 0.317 e. The minimum Gasteiger partial charge on any atom is -0.480 e. The second-order valence-corrected chi connectivity index (χ2v) is 3.68. The molecule has 1 rings (SSSR count). The first-order valence-corrected chi connectivity index (χ1v) is 5.19. The molecule has 2 N–H and O–H groups in total. The van der Waals surface area contributed by atoms with Crippen LogP contribution in [0.25, 0.3) is 0 Å². The quantitative estimate of drug-likeness (QED) is 0.349. The van der Waals surface area contributed by atoms with E-state index in [0.717, 1.165) is 13.1 Å². The topological polar surface area (TPSA) is 82.5 Å². The van der Waals surface area contributed by atoms with Crippen molar-refractivity contribution in [3.8, 4) is 0 Å². The summed E-state index contributed by atoms with van der Waals surface area (Å²) < 4.78 is 5.25. The lowest BCUT2D eigenvalue weighted by Gasteiger charge is -2.25. The molecule has 0 aromatic heterocycles. The smallest absolute Gasteiger partial charge is 0.317 e. The molecule has 1 fully saturated rings. The SMILES string of the molecule is CC1N(COCCOO)CCN1CC(=O)O. The van der Waals surface area contributed by atoms with Gasteiger partial charge in [0.2, 0.25) is 0 Å². The highest BCUT2D eigenvalue weighted by Gasteiger charge is 2.29. The Balaban J connectivity index is 2.22. The standard InChI is InChI=1S/C9H18N2O5/c1-8-10(6-9(12)13)2-3-11(8)7-15-4-5-16-14/h8,14H,2-7H2,1H3,(H,12,13). The summed E-state index contributed by atoms with van der Waals surface area (Å²) in [6.07, 6.45) is 0.0612. The second-order valence-electron chi connectivity index (χ2n) is 3.68. The van der Waals surface area contributed by atoms with Crippen molar-refractivity contribution in [1.29, 1.82) is 0 Å². The van der Waals surface area contributed by atoms with E-state index in [-0.39, 0.29) is 19.3 Å². The summed E-state index contributed by atoms with van der Waals surface area (Å²) in [4.78, 5) is 18.3. The molecule has 16 heavy (non-hydrogen) atoms. The molecule has 0 aromatic rings. The zero-order valence-corrected chi connectivity index (χ0v) is 9.33. The summed E-state index contributed by atoms with van der Waals surface area (Å²) in [6.45, 7) is 4.39. The predicted molar refractivity (Wildman–Crippen MR) is 54.8 cm³/mol. The van der Waals surface area contributed by atoms with Gasteiger partial charge in [-0.2, -0.15) is 0 Å². The molecule has 0 spiro atoms. The Hall–Kier alpha value is -0.730. The Morgan fingerprint density at radius 2 is 2.06 bits per heavy atom. The van der Waals surface area contributed by atoms with Gasteiger partial charge < -0.3 is 9.84 Å². The van der Waals surface area contributed by atoms with Crippen LogP contribution in [-0.4, -0.2) is 71.9 Å². The fourth-order valence-electron chi connectivity index (χ4n) is 1.70. The van der Waals surface area contributed by atoms with Crippen molar-refractivity contribution in [2.45, 2.75) is 13.1 Å². The molecule has 0 saturated carbocycles. The average Bonchev–Trinajstić information content (AvgIpc) is 2.56. The number of carboxylic acids is 1. The molecular formula is C9H18N2O5. The highest BCUT2D eigenvalue weighted by molar-refractivity contribution is 5.69. The van der Waals surface area contributed by atoms with E-state index < -0.39 is 5.97 Å². The highest BCUT2D eigenvalue weighted by atomic mass is 17.1. The molecule has 0 radical (unpaired) electrons. The number of hydrogen-bond acceptors (Lipinski definition) is 6. The van der Waals surface area contributed by atoms with Crippen LogP contribution in [-0.2, 0) is 14.4 Å². The number of ether oxygens (including phenoxy) is 1. The lowest BCUT2D eigenvalue weighted by atomic mass is 10.4. The zero-order chi connectivity index (χ0) is 12.0. The lowest BCUT2D eigenvalue weighted by Crippen LogP contribution is -2.39. The predicted octanol–water partition coefficient (Wildman–Crippen LogP) is -0.502. The van der Waals surface area contributed by atoms with Crippen LogP contribution in [0.3, 0.4) is 0 Å². The number of rotatable bonds is 7. The molecule has 0 aliphatic carbocycles. The Morgan fingerprint density at radius 3 is 2.69 bits per heavy atom. The Morgan fingerprint density at radius 1 is 1.38 bits per heavy atom. The number of carbonyl (C=O) groups is 1. The van der Waals surface area contributed by atoms with Crippen molar-refractivity contribution in [3.05, 3.63) is 0 Å². The van der Waals surface area contributed by atoms with Crippen LogP contribution in [0, 0.1) is 0 Å². The van der Waals surface area contributed by atoms with Gasteiger partial charge in [-0.3, -0.25) is 19.9 Å². The molecule has 1 atom stereocenters. The van der Waals surface area contributed by atoms with Crippen molar-refractivity contribution in [1.82, 2.24) is 9.80 Å². The molecule has 0 bridgehead atoms. The molecule has 1 unspecified atom stereocenters. The molecular weight excluding hydrogens is 216 g/mol. The van der Waals surface area contributed by atoms with E-state index in [1.54, 1.807) is 0 Å². The van der Waals surface area contributed by atoms with Gasteiger partial charge in [0.05, 0.1) is 19.3 Å². The first-order valence-electron chi connectivity index (χ1n) is 5.19. The number of hydrogen-bond donors (Lipinski definition) is 2. The van der Waals surface area contributed by atoms with Gasteiger partial charge in [-0.25, -0.2) is 4.89 Å². The third kappa shape index (κ3) is 4.03. The van der Waals surface area contributed by atoms with Crippen LogP contribution in [0.5, 0.6) is 0 Å². The third-order valence-corrected chi connectivity index (χ3v) is 2.65. The summed E-state index contributed by atoms with van der Waals surface area (Å²) in [6, 6.07) is 0. The van der Waals surface area contributed by atoms with E-state index in [0.29, 0.717) is 13.3 Å². The summed E-state index contributed by atoms with van der Waals surface area (Å²) in [5, 5.41) is 16.8. The van der Waals surface area contributed by atoms with E-state index in [4.69, 9.17) is 15.1 Å². The van der Waals surface area contributed by atoms with Crippen LogP contribution in [0.4, 0.5) is 0 Å². The van der Waals surface area contributed by atoms with Crippen LogP contribution >= 0.6 is 0 Å². The van der Waals surface area contributed by atoms with E-state index >= 15 is 0 Å². The molecule has 7 nitrogen and oxygen atoms in total. The molecule has 94 valence electrons. The van der Waals surface area contributed by atoms with Crippen molar-refractivity contribution >= 4 is 5.97 Å². The van der Waals surface area contributed by atoms with Crippen molar-refractivity contribution in [2.24, 2.45) is 0 Å². The fourth-order valence-corrected chi connectivity index (χ4v) is 1.70. The maximum absolute atomic E-state index is 10.6. The number of aliphatic carboxylic acids is 1. The third-order valence-electron chi connectivity index (χ3n) is 2.65. The molecule has 7 heteroatoms. The van der Waals surface area contributed by atoms with E-state index in [2.05, 4.69) is 4.89 Å². The minimum atomic E-state index is -0.816. The minimum absolute atomic E-state index is 0.0530. The van der Waals surface area contributed by atoms with Gasteiger partial charge in [-0.05, 0) is 6.92 Å². The number of carboxylic acid groups (broad SMARTS) is 1. The van der Waals surface area contributed by atoms with Crippen LogP contribution < -0.4 is 0 Å². The van der Waals surface area contributed by atoms with Crippen LogP contribution in [0.2, 0.25) is 0 Å². The van der Waals surface area contributed by atoms with Gasteiger partial charge >= 0.3 is 5.97 Å². The summed E-state index contributed by atoms with van der Waals surface area (Å²) in [5.74, 6) is -0.816. The second kappa shape index (κ2) is 6.77. The first kappa shape index (κ1) is 13.3. The molecule has 1 heterocycles.